The van der Waals surface area contributed by atoms with E-state index in [4.69, 9.17) is 0 Å². The molecule has 0 unspecified atom stereocenters. The summed E-state index contributed by atoms with van der Waals surface area (Å²) in [4.78, 5) is 15.2. The van der Waals surface area contributed by atoms with E-state index in [2.05, 4.69) is 15.5 Å². The van der Waals surface area contributed by atoms with Crippen molar-refractivity contribution in [1.82, 2.24) is 15.5 Å². The second-order valence-corrected chi connectivity index (χ2v) is 5.27. The zero-order valence-electron chi connectivity index (χ0n) is 10.4. The summed E-state index contributed by atoms with van der Waals surface area (Å²) in [7, 11) is 0. The molecule has 1 aliphatic rings. The van der Waals surface area contributed by atoms with Crippen molar-refractivity contribution in [2.75, 3.05) is 32.7 Å². The van der Waals surface area contributed by atoms with E-state index in [1.165, 1.54) is 4.88 Å². The Morgan fingerprint density at radius 3 is 3.11 bits per heavy atom. The fourth-order valence-electron chi connectivity index (χ4n) is 1.92. The zero-order chi connectivity index (χ0) is 11.9. The fourth-order valence-corrected chi connectivity index (χ4v) is 2.56. The topological polar surface area (TPSA) is 44.4 Å². The highest BCUT2D eigenvalue weighted by Crippen LogP contribution is 2.07. The summed E-state index contributed by atoms with van der Waals surface area (Å²) in [6.07, 6.45) is 1.12. The highest BCUT2D eigenvalue weighted by atomic mass is 35.5. The van der Waals surface area contributed by atoms with Gasteiger partial charge < -0.3 is 10.6 Å². The number of carbonyl (C=O) groups excluding carboxylic acids is 1. The second kappa shape index (κ2) is 8.48. The Hall–Kier alpha value is -0.620. The molecule has 2 rings (SSSR count). The smallest absolute Gasteiger partial charge is 0.234 e. The Balaban J connectivity index is 0.00000162. The van der Waals surface area contributed by atoms with Crippen LogP contribution >= 0.6 is 23.7 Å². The number of hydrogen-bond donors (Lipinski definition) is 2. The van der Waals surface area contributed by atoms with Crippen molar-refractivity contribution < 1.29 is 4.79 Å². The van der Waals surface area contributed by atoms with E-state index in [1.807, 2.05) is 17.5 Å². The lowest BCUT2D eigenvalue weighted by atomic mass is 10.3. The predicted molar refractivity (Wildman–Crippen MR) is 77.3 cm³/mol. The number of halogens is 1. The van der Waals surface area contributed by atoms with Gasteiger partial charge in [-0.25, -0.2) is 0 Å². The molecule has 0 aliphatic carbocycles. The largest absolute Gasteiger partial charge is 0.350 e. The molecule has 0 aromatic carbocycles. The third-order valence-electron chi connectivity index (χ3n) is 2.84. The molecular formula is C12H20ClN3OS. The van der Waals surface area contributed by atoms with Gasteiger partial charge in [0.15, 0.2) is 0 Å². The molecule has 6 heteroatoms. The van der Waals surface area contributed by atoms with E-state index in [0.29, 0.717) is 13.1 Å². The summed E-state index contributed by atoms with van der Waals surface area (Å²) in [5.74, 6) is 0.125. The molecule has 2 N–H and O–H groups in total. The number of hydrogen-bond acceptors (Lipinski definition) is 4. The van der Waals surface area contributed by atoms with Crippen LogP contribution in [0.3, 0.4) is 0 Å². The van der Waals surface area contributed by atoms with Crippen LogP contribution < -0.4 is 10.6 Å². The van der Waals surface area contributed by atoms with E-state index >= 15 is 0 Å². The van der Waals surface area contributed by atoms with Gasteiger partial charge in [-0.2, -0.15) is 0 Å². The first-order valence-electron chi connectivity index (χ1n) is 6.07. The van der Waals surface area contributed by atoms with Gasteiger partial charge in [-0.3, -0.25) is 9.69 Å². The van der Waals surface area contributed by atoms with Crippen molar-refractivity contribution in [3.05, 3.63) is 22.4 Å². The summed E-state index contributed by atoms with van der Waals surface area (Å²) < 4.78 is 0. The van der Waals surface area contributed by atoms with Crippen LogP contribution in [0.1, 0.15) is 11.3 Å². The highest BCUT2D eigenvalue weighted by Gasteiger charge is 2.12. The summed E-state index contributed by atoms with van der Waals surface area (Å²) in [5, 5.41) is 8.33. The van der Waals surface area contributed by atoms with Crippen molar-refractivity contribution in [3.8, 4) is 0 Å². The van der Waals surface area contributed by atoms with Gasteiger partial charge in [0.05, 0.1) is 13.1 Å². The molecule has 18 heavy (non-hydrogen) atoms. The first-order valence-corrected chi connectivity index (χ1v) is 6.95. The molecule has 0 radical (unpaired) electrons. The van der Waals surface area contributed by atoms with Gasteiger partial charge in [-0.05, 0) is 31.0 Å². The minimum atomic E-state index is 0. The van der Waals surface area contributed by atoms with Crippen LogP contribution in [0.25, 0.3) is 0 Å². The van der Waals surface area contributed by atoms with Crippen LogP contribution in [0.15, 0.2) is 17.5 Å². The maximum atomic E-state index is 11.8. The van der Waals surface area contributed by atoms with Crippen molar-refractivity contribution in [2.45, 2.75) is 13.0 Å². The average molecular weight is 290 g/mol. The lowest BCUT2D eigenvalue weighted by Gasteiger charge is -2.18. The van der Waals surface area contributed by atoms with E-state index in [1.54, 1.807) is 11.3 Å². The Labute approximate surface area is 118 Å². The molecule has 2 heterocycles. The van der Waals surface area contributed by atoms with E-state index < -0.39 is 0 Å². The first kappa shape index (κ1) is 15.4. The van der Waals surface area contributed by atoms with Crippen LogP contribution in [-0.2, 0) is 11.3 Å². The minimum absolute atomic E-state index is 0. The highest BCUT2D eigenvalue weighted by molar-refractivity contribution is 7.09. The number of carbonyl (C=O) groups is 1. The van der Waals surface area contributed by atoms with Crippen LogP contribution in [0.4, 0.5) is 0 Å². The maximum Gasteiger partial charge on any atom is 0.234 e. The summed E-state index contributed by atoms with van der Waals surface area (Å²) in [6, 6.07) is 4.05. The molecule has 102 valence electrons. The lowest BCUT2D eigenvalue weighted by Crippen LogP contribution is -2.38. The molecule has 0 spiro atoms. The zero-order valence-corrected chi connectivity index (χ0v) is 12.0. The molecule has 1 aromatic heterocycles. The SMILES string of the molecule is Cl.O=C(CN1CCCNCC1)NCc1cccs1. The normalized spacial score (nSPS) is 16.7. The quantitative estimate of drug-likeness (QED) is 0.872. The number of thiophene rings is 1. The molecule has 1 aromatic rings. The third-order valence-corrected chi connectivity index (χ3v) is 3.72. The van der Waals surface area contributed by atoms with E-state index in [9.17, 15) is 4.79 Å². The molecule has 1 saturated heterocycles. The monoisotopic (exact) mass is 289 g/mol. The maximum absolute atomic E-state index is 11.8. The summed E-state index contributed by atoms with van der Waals surface area (Å²) in [6.45, 7) is 5.20. The van der Waals surface area contributed by atoms with Crippen molar-refractivity contribution in [1.29, 1.82) is 0 Å². The lowest BCUT2D eigenvalue weighted by molar-refractivity contribution is -0.122. The first-order chi connectivity index (χ1) is 8.34. The number of nitrogens with one attached hydrogen (secondary N) is 2. The van der Waals surface area contributed by atoms with Crippen LogP contribution in [-0.4, -0.2) is 43.5 Å². The van der Waals surface area contributed by atoms with Gasteiger partial charge in [0.25, 0.3) is 0 Å². The Morgan fingerprint density at radius 2 is 2.33 bits per heavy atom. The van der Waals surface area contributed by atoms with Crippen LogP contribution in [0.5, 0.6) is 0 Å². The van der Waals surface area contributed by atoms with Crippen molar-refractivity contribution in [3.63, 3.8) is 0 Å². The van der Waals surface area contributed by atoms with Gasteiger partial charge in [-0.1, -0.05) is 6.07 Å². The summed E-state index contributed by atoms with van der Waals surface area (Å²) in [5.41, 5.74) is 0. The summed E-state index contributed by atoms with van der Waals surface area (Å²) >= 11 is 1.68. The third kappa shape index (κ3) is 5.35. The van der Waals surface area contributed by atoms with Gasteiger partial charge in [0, 0.05) is 18.0 Å². The fraction of sp³-hybridized carbons (Fsp3) is 0.583. The molecule has 0 atom stereocenters. The molecule has 0 saturated carbocycles. The average Bonchev–Trinajstić information content (AvgIpc) is 2.72. The molecule has 1 aliphatic heterocycles. The van der Waals surface area contributed by atoms with Crippen LogP contribution in [0.2, 0.25) is 0 Å². The number of amides is 1. The predicted octanol–water partition coefficient (Wildman–Crippen LogP) is 1.08. The molecule has 1 amide bonds. The van der Waals surface area contributed by atoms with Gasteiger partial charge in [0.1, 0.15) is 0 Å². The molecular weight excluding hydrogens is 270 g/mol. The molecule has 0 bridgehead atoms. The number of nitrogens with zero attached hydrogens (tertiary/aromatic N) is 1. The Kier molecular flexibility index (Phi) is 7.27. The standard InChI is InChI=1S/C12H19N3OS.ClH/c16-12(14-9-11-3-1-8-17-11)10-15-6-2-4-13-5-7-15;/h1,3,8,13H,2,4-7,9-10H2,(H,14,16);1H. The van der Waals surface area contributed by atoms with E-state index in [-0.39, 0.29) is 18.3 Å². The molecule has 4 nitrogen and oxygen atoms in total. The Bertz CT molecular complexity index is 337. The molecule has 1 fully saturated rings. The van der Waals surface area contributed by atoms with Gasteiger partial charge in [0.2, 0.25) is 5.91 Å². The minimum Gasteiger partial charge on any atom is -0.350 e. The van der Waals surface area contributed by atoms with Crippen LogP contribution in [0, 0.1) is 0 Å². The van der Waals surface area contributed by atoms with E-state index in [0.717, 1.165) is 32.6 Å². The van der Waals surface area contributed by atoms with Crippen molar-refractivity contribution >= 4 is 29.7 Å². The Morgan fingerprint density at radius 1 is 1.44 bits per heavy atom. The van der Waals surface area contributed by atoms with Crippen molar-refractivity contribution in [2.24, 2.45) is 0 Å². The number of rotatable bonds is 4. The van der Waals surface area contributed by atoms with Gasteiger partial charge >= 0.3 is 0 Å². The van der Waals surface area contributed by atoms with Gasteiger partial charge in [-0.15, -0.1) is 23.7 Å². The second-order valence-electron chi connectivity index (χ2n) is 4.24.